The second-order valence-electron chi connectivity index (χ2n) is 4.86. The van der Waals surface area contributed by atoms with E-state index in [1.165, 1.54) is 5.56 Å². The van der Waals surface area contributed by atoms with Crippen LogP contribution in [0.15, 0.2) is 42.5 Å². The molecule has 0 aromatic heterocycles. The van der Waals surface area contributed by atoms with Crippen LogP contribution in [0.2, 0.25) is 0 Å². The number of benzene rings is 2. The van der Waals surface area contributed by atoms with Gasteiger partial charge in [-0.3, -0.25) is 0 Å². The summed E-state index contributed by atoms with van der Waals surface area (Å²) in [5, 5.41) is 12.1. The second-order valence-corrected chi connectivity index (χ2v) is 4.86. The Balaban J connectivity index is 2.16. The summed E-state index contributed by atoms with van der Waals surface area (Å²) < 4.78 is 5.95. The first-order valence-corrected chi connectivity index (χ1v) is 6.84. The standard InChI is InChI=1S/C17H21NO2/c1-13-3-8-17(15(11-13)12-18-2)20-16-6-4-14(5-7-16)9-10-19/h3-8,11,18-19H,9-10,12H2,1-2H3. The van der Waals surface area contributed by atoms with Gasteiger partial charge in [0.2, 0.25) is 0 Å². The molecule has 0 saturated heterocycles. The highest BCUT2D eigenvalue weighted by Gasteiger charge is 2.05. The molecule has 0 bridgehead atoms. The lowest BCUT2D eigenvalue weighted by Crippen LogP contribution is -2.06. The molecule has 2 aromatic rings. The maximum absolute atomic E-state index is 8.91. The lowest BCUT2D eigenvalue weighted by Gasteiger charge is -2.12. The topological polar surface area (TPSA) is 41.5 Å². The number of rotatable bonds is 6. The number of aliphatic hydroxyl groups is 1. The van der Waals surface area contributed by atoms with Gasteiger partial charge in [-0.2, -0.15) is 0 Å². The van der Waals surface area contributed by atoms with Crippen LogP contribution in [0.25, 0.3) is 0 Å². The van der Waals surface area contributed by atoms with Crippen molar-refractivity contribution < 1.29 is 9.84 Å². The maximum Gasteiger partial charge on any atom is 0.131 e. The van der Waals surface area contributed by atoms with Gasteiger partial charge in [-0.15, -0.1) is 0 Å². The smallest absolute Gasteiger partial charge is 0.131 e. The number of aryl methyl sites for hydroxylation is 1. The Morgan fingerprint density at radius 3 is 2.50 bits per heavy atom. The van der Waals surface area contributed by atoms with E-state index in [2.05, 4.69) is 24.4 Å². The number of hydrogen-bond acceptors (Lipinski definition) is 3. The average Bonchev–Trinajstić information content (AvgIpc) is 2.44. The Bertz CT molecular complexity index is 549. The largest absolute Gasteiger partial charge is 0.457 e. The van der Waals surface area contributed by atoms with Crippen molar-refractivity contribution in [2.45, 2.75) is 19.9 Å². The Labute approximate surface area is 120 Å². The molecular weight excluding hydrogens is 250 g/mol. The summed E-state index contributed by atoms with van der Waals surface area (Å²) in [6.45, 7) is 3.02. The van der Waals surface area contributed by atoms with Crippen molar-refractivity contribution in [3.63, 3.8) is 0 Å². The maximum atomic E-state index is 8.91. The lowest BCUT2D eigenvalue weighted by molar-refractivity contribution is 0.299. The van der Waals surface area contributed by atoms with Crippen LogP contribution < -0.4 is 10.1 Å². The van der Waals surface area contributed by atoms with Gasteiger partial charge in [-0.25, -0.2) is 0 Å². The third-order valence-corrected chi connectivity index (χ3v) is 3.13. The predicted octanol–water partition coefficient (Wildman–Crippen LogP) is 3.04. The molecule has 2 aromatic carbocycles. The highest BCUT2D eigenvalue weighted by molar-refractivity contribution is 5.40. The number of aliphatic hydroxyl groups excluding tert-OH is 1. The Morgan fingerprint density at radius 2 is 1.85 bits per heavy atom. The summed E-state index contributed by atoms with van der Waals surface area (Å²) in [5.74, 6) is 1.69. The molecular formula is C17H21NO2. The van der Waals surface area contributed by atoms with E-state index in [9.17, 15) is 0 Å². The van der Waals surface area contributed by atoms with Gasteiger partial charge >= 0.3 is 0 Å². The van der Waals surface area contributed by atoms with E-state index >= 15 is 0 Å². The minimum Gasteiger partial charge on any atom is -0.457 e. The zero-order chi connectivity index (χ0) is 14.4. The number of nitrogens with one attached hydrogen (secondary N) is 1. The zero-order valence-electron chi connectivity index (χ0n) is 12.0. The third-order valence-electron chi connectivity index (χ3n) is 3.13. The lowest BCUT2D eigenvalue weighted by atomic mass is 10.1. The Morgan fingerprint density at radius 1 is 1.10 bits per heavy atom. The molecule has 0 aliphatic rings. The first-order chi connectivity index (χ1) is 9.72. The van der Waals surface area contributed by atoms with Crippen LogP contribution in [0.5, 0.6) is 11.5 Å². The molecule has 0 radical (unpaired) electrons. The molecule has 0 amide bonds. The molecule has 3 heteroatoms. The molecule has 0 spiro atoms. The Hall–Kier alpha value is -1.84. The molecule has 2 rings (SSSR count). The van der Waals surface area contributed by atoms with Crippen molar-refractivity contribution in [2.24, 2.45) is 0 Å². The molecule has 2 N–H and O–H groups in total. The molecule has 0 aliphatic heterocycles. The SMILES string of the molecule is CNCc1cc(C)ccc1Oc1ccc(CCO)cc1. The molecule has 0 aliphatic carbocycles. The highest BCUT2D eigenvalue weighted by atomic mass is 16.5. The van der Waals surface area contributed by atoms with Crippen LogP contribution in [-0.2, 0) is 13.0 Å². The monoisotopic (exact) mass is 271 g/mol. The number of ether oxygens (including phenoxy) is 1. The molecule has 0 atom stereocenters. The second kappa shape index (κ2) is 7.08. The summed E-state index contributed by atoms with van der Waals surface area (Å²) in [5.41, 5.74) is 3.48. The van der Waals surface area contributed by atoms with Crippen molar-refractivity contribution in [1.29, 1.82) is 0 Å². The predicted molar refractivity (Wildman–Crippen MR) is 81.2 cm³/mol. The summed E-state index contributed by atoms with van der Waals surface area (Å²) in [6.07, 6.45) is 0.676. The fraction of sp³-hybridized carbons (Fsp3) is 0.294. The van der Waals surface area contributed by atoms with Crippen LogP contribution in [0.4, 0.5) is 0 Å². The minimum absolute atomic E-state index is 0.171. The van der Waals surface area contributed by atoms with Crippen molar-refractivity contribution in [3.05, 3.63) is 59.2 Å². The van der Waals surface area contributed by atoms with Crippen LogP contribution in [0.3, 0.4) is 0 Å². The summed E-state index contributed by atoms with van der Waals surface area (Å²) in [6, 6.07) is 14.0. The zero-order valence-corrected chi connectivity index (χ0v) is 12.0. The molecule has 0 saturated carbocycles. The third kappa shape index (κ3) is 3.83. The van der Waals surface area contributed by atoms with E-state index in [4.69, 9.17) is 9.84 Å². The van der Waals surface area contributed by atoms with E-state index in [-0.39, 0.29) is 6.61 Å². The molecule has 0 heterocycles. The first kappa shape index (κ1) is 14.6. The van der Waals surface area contributed by atoms with Crippen molar-refractivity contribution in [1.82, 2.24) is 5.32 Å². The van der Waals surface area contributed by atoms with Crippen molar-refractivity contribution >= 4 is 0 Å². The van der Waals surface area contributed by atoms with E-state index < -0.39 is 0 Å². The molecule has 3 nitrogen and oxygen atoms in total. The van der Waals surface area contributed by atoms with Gasteiger partial charge in [0.1, 0.15) is 11.5 Å². The van der Waals surface area contributed by atoms with Gasteiger partial charge < -0.3 is 15.2 Å². The van der Waals surface area contributed by atoms with Gasteiger partial charge in [-0.05, 0) is 44.2 Å². The normalized spacial score (nSPS) is 10.6. The van der Waals surface area contributed by atoms with Gasteiger partial charge in [0, 0.05) is 18.7 Å². The van der Waals surface area contributed by atoms with E-state index in [1.54, 1.807) is 0 Å². The van der Waals surface area contributed by atoms with Crippen molar-refractivity contribution in [2.75, 3.05) is 13.7 Å². The Kier molecular flexibility index (Phi) is 5.16. The highest BCUT2D eigenvalue weighted by Crippen LogP contribution is 2.26. The van der Waals surface area contributed by atoms with Gasteiger partial charge in [0.15, 0.2) is 0 Å². The molecule has 106 valence electrons. The molecule has 0 unspecified atom stereocenters. The van der Waals surface area contributed by atoms with Crippen LogP contribution >= 0.6 is 0 Å². The van der Waals surface area contributed by atoms with E-state index in [0.29, 0.717) is 6.42 Å². The molecule has 20 heavy (non-hydrogen) atoms. The van der Waals surface area contributed by atoms with E-state index in [1.807, 2.05) is 37.4 Å². The summed E-state index contributed by atoms with van der Waals surface area (Å²) in [4.78, 5) is 0. The van der Waals surface area contributed by atoms with Gasteiger partial charge in [-0.1, -0.05) is 29.8 Å². The minimum atomic E-state index is 0.171. The fourth-order valence-corrected chi connectivity index (χ4v) is 2.12. The first-order valence-electron chi connectivity index (χ1n) is 6.84. The quantitative estimate of drug-likeness (QED) is 0.848. The summed E-state index contributed by atoms with van der Waals surface area (Å²) >= 11 is 0. The number of hydrogen-bond donors (Lipinski definition) is 2. The molecule has 0 fully saturated rings. The average molecular weight is 271 g/mol. The van der Waals surface area contributed by atoms with Crippen LogP contribution in [0.1, 0.15) is 16.7 Å². The van der Waals surface area contributed by atoms with Crippen LogP contribution in [0, 0.1) is 6.92 Å². The fourth-order valence-electron chi connectivity index (χ4n) is 2.12. The van der Waals surface area contributed by atoms with Crippen LogP contribution in [-0.4, -0.2) is 18.8 Å². The van der Waals surface area contributed by atoms with E-state index in [0.717, 1.165) is 29.2 Å². The van der Waals surface area contributed by atoms with Crippen molar-refractivity contribution in [3.8, 4) is 11.5 Å². The summed E-state index contributed by atoms with van der Waals surface area (Å²) in [7, 11) is 1.93. The van der Waals surface area contributed by atoms with Gasteiger partial charge in [0.05, 0.1) is 0 Å². The van der Waals surface area contributed by atoms with Gasteiger partial charge in [0.25, 0.3) is 0 Å².